The van der Waals surface area contributed by atoms with Crippen LogP contribution in [0.2, 0.25) is 0 Å². The minimum atomic E-state index is -1.21. The van der Waals surface area contributed by atoms with Crippen molar-refractivity contribution in [1.29, 1.82) is 0 Å². The molecule has 4 rings (SSSR count). The van der Waals surface area contributed by atoms with Gasteiger partial charge in [-0.05, 0) is 67.8 Å². The first-order valence-electron chi connectivity index (χ1n) is 10.7. The number of H-pyrrole nitrogens is 1. The van der Waals surface area contributed by atoms with Gasteiger partial charge in [0.1, 0.15) is 23.1 Å². The van der Waals surface area contributed by atoms with Gasteiger partial charge >= 0.3 is 11.6 Å². The van der Waals surface area contributed by atoms with E-state index in [1.54, 1.807) is 38.2 Å². The molecule has 2 atom stereocenters. The summed E-state index contributed by atoms with van der Waals surface area (Å²) < 4.78 is 11.2. The molecular formula is C25H24N2O7. The van der Waals surface area contributed by atoms with E-state index < -0.39 is 29.6 Å². The van der Waals surface area contributed by atoms with Gasteiger partial charge in [0.15, 0.2) is 6.10 Å². The highest BCUT2D eigenvalue weighted by molar-refractivity contribution is 5.90. The lowest BCUT2D eigenvalue weighted by molar-refractivity contribution is -0.142. The van der Waals surface area contributed by atoms with Gasteiger partial charge in [-0.1, -0.05) is 0 Å². The predicted molar refractivity (Wildman–Crippen MR) is 125 cm³/mol. The Morgan fingerprint density at radius 1 is 1.18 bits per heavy atom. The number of phenolic OH excluding ortho intramolecular Hbond substituents is 1. The number of aliphatic carboxylic acids is 1. The number of nitrogens with one attached hydrogen (secondary N) is 2. The average molecular weight is 464 g/mol. The molecule has 34 heavy (non-hydrogen) atoms. The monoisotopic (exact) mass is 464 g/mol. The van der Waals surface area contributed by atoms with Crippen LogP contribution in [0, 0.1) is 13.8 Å². The van der Waals surface area contributed by atoms with E-state index >= 15 is 0 Å². The van der Waals surface area contributed by atoms with Crippen molar-refractivity contribution in [2.45, 2.75) is 39.3 Å². The Morgan fingerprint density at radius 3 is 2.68 bits per heavy atom. The Hall–Kier alpha value is -4.27. The third-order valence-corrected chi connectivity index (χ3v) is 5.61. The van der Waals surface area contributed by atoms with Crippen molar-refractivity contribution in [3.05, 3.63) is 69.7 Å². The molecule has 4 N–H and O–H groups in total. The second-order valence-electron chi connectivity index (χ2n) is 8.29. The van der Waals surface area contributed by atoms with Gasteiger partial charge in [0.2, 0.25) is 0 Å². The first-order valence-corrected chi connectivity index (χ1v) is 10.7. The second-order valence-corrected chi connectivity index (χ2v) is 8.29. The second kappa shape index (κ2) is 8.93. The lowest BCUT2D eigenvalue weighted by atomic mass is 10.0. The zero-order valence-corrected chi connectivity index (χ0v) is 18.8. The van der Waals surface area contributed by atoms with Gasteiger partial charge in [-0.3, -0.25) is 4.79 Å². The number of rotatable bonds is 7. The van der Waals surface area contributed by atoms with Crippen molar-refractivity contribution < 1.29 is 29.0 Å². The Bertz CT molecular complexity index is 1470. The average Bonchev–Trinajstić information content (AvgIpc) is 3.13. The predicted octanol–water partition coefficient (Wildman–Crippen LogP) is 3.18. The summed E-state index contributed by atoms with van der Waals surface area (Å²) in [6.45, 7) is 5.06. The van der Waals surface area contributed by atoms with E-state index in [0.717, 1.165) is 11.1 Å². The van der Waals surface area contributed by atoms with Crippen LogP contribution in [0.5, 0.6) is 11.5 Å². The molecule has 0 unspecified atom stereocenters. The SMILES string of the molecule is Cc1cc(O[C@H](C)C(=O)N[C@H](Cc2c[nH]c3ccc(O)cc23)C(=O)O)c2c(C)cc(=O)oc2c1. The number of carboxylic acids is 1. The fraction of sp³-hybridized carbons (Fsp3) is 0.240. The number of aryl methyl sites for hydroxylation is 2. The molecule has 0 aliphatic carbocycles. The topological polar surface area (TPSA) is 142 Å². The largest absolute Gasteiger partial charge is 0.508 e. The van der Waals surface area contributed by atoms with Gasteiger partial charge in [0, 0.05) is 29.6 Å². The van der Waals surface area contributed by atoms with Crippen molar-refractivity contribution in [3.63, 3.8) is 0 Å². The van der Waals surface area contributed by atoms with Gasteiger partial charge in [0.05, 0.1) is 5.39 Å². The van der Waals surface area contributed by atoms with Crippen molar-refractivity contribution in [3.8, 4) is 11.5 Å². The highest BCUT2D eigenvalue weighted by Gasteiger charge is 2.26. The van der Waals surface area contributed by atoms with E-state index in [1.807, 2.05) is 0 Å². The molecule has 2 aromatic heterocycles. The van der Waals surface area contributed by atoms with Crippen LogP contribution in [-0.2, 0) is 16.0 Å². The van der Waals surface area contributed by atoms with Gasteiger partial charge in [0.25, 0.3) is 5.91 Å². The summed E-state index contributed by atoms with van der Waals surface area (Å²) in [5.74, 6) is -1.39. The third kappa shape index (κ3) is 4.59. The normalized spacial score (nSPS) is 13.0. The Balaban J connectivity index is 1.54. The number of ether oxygens (including phenoxy) is 1. The molecule has 0 aliphatic heterocycles. The number of aromatic nitrogens is 1. The summed E-state index contributed by atoms with van der Waals surface area (Å²) in [6, 6.07) is 8.32. The van der Waals surface area contributed by atoms with E-state index in [1.165, 1.54) is 25.1 Å². The lowest BCUT2D eigenvalue weighted by Crippen LogP contribution is -2.47. The molecular weight excluding hydrogens is 440 g/mol. The number of aromatic amines is 1. The van der Waals surface area contributed by atoms with Crippen LogP contribution in [0.25, 0.3) is 21.9 Å². The van der Waals surface area contributed by atoms with Crippen molar-refractivity contribution in [1.82, 2.24) is 10.3 Å². The molecule has 0 radical (unpaired) electrons. The fourth-order valence-electron chi connectivity index (χ4n) is 3.96. The number of carbonyl (C=O) groups is 2. The van der Waals surface area contributed by atoms with Crippen LogP contribution in [0.4, 0.5) is 0 Å². The third-order valence-electron chi connectivity index (χ3n) is 5.61. The quantitative estimate of drug-likeness (QED) is 0.308. The highest BCUT2D eigenvalue weighted by Crippen LogP contribution is 2.30. The van der Waals surface area contributed by atoms with E-state index in [0.29, 0.717) is 33.2 Å². The lowest BCUT2D eigenvalue weighted by Gasteiger charge is -2.20. The molecule has 1 amide bonds. The van der Waals surface area contributed by atoms with E-state index in [9.17, 15) is 24.6 Å². The van der Waals surface area contributed by atoms with Gasteiger partial charge in [-0.25, -0.2) is 9.59 Å². The highest BCUT2D eigenvalue weighted by atomic mass is 16.5. The van der Waals surface area contributed by atoms with Gasteiger partial charge in [-0.2, -0.15) is 0 Å². The molecule has 2 heterocycles. The maximum absolute atomic E-state index is 12.8. The number of phenols is 1. The maximum Gasteiger partial charge on any atom is 0.336 e. The summed E-state index contributed by atoms with van der Waals surface area (Å²) in [4.78, 5) is 39.5. The number of aromatic hydroxyl groups is 1. The van der Waals surface area contributed by atoms with Gasteiger partial charge < -0.3 is 29.7 Å². The molecule has 0 saturated heterocycles. The van der Waals surface area contributed by atoms with Crippen LogP contribution in [0.1, 0.15) is 23.6 Å². The maximum atomic E-state index is 12.8. The summed E-state index contributed by atoms with van der Waals surface area (Å²) >= 11 is 0. The zero-order chi connectivity index (χ0) is 24.6. The molecule has 9 heteroatoms. The van der Waals surface area contributed by atoms with Crippen molar-refractivity contribution in [2.24, 2.45) is 0 Å². The molecule has 9 nitrogen and oxygen atoms in total. The number of fused-ring (bicyclic) bond motifs is 2. The molecule has 0 spiro atoms. The summed E-state index contributed by atoms with van der Waals surface area (Å²) in [7, 11) is 0. The van der Waals surface area contributed by atoms with Crippen LogP contribution in [-0.4, -0.2) is 39.2 Å². The van der Waals surface area contributed by atoms with E-state index in [-0.39, 0.29) is 12.2 Å². The van der Waals surface area contributed by atoms with Crippen molar-refractivity contribution in [2.75, 3.05) is 0 Å². The summed E-state index contributed by atoms with van der Waals surface area (Å²) in [6.07, 6.45) is 0.640. The number of carbonyl (C=O) groups excluding carboxylic acids is 1. The van der Waals surface area contributed by atoms with Crippen molar-refractivity contribution >= 4 is 33.7 Å². The number of hydrogen-bond donors (Lipinski definition) is 4. The number of hydrogen-bond acceptors (Lipinski definition) is 6. The Kier molecular flexibility index (Phi) is 6.02. The van der Waals surface area contributed by atoms with Crippen LogP contribution in [0.3, 0.4) is 0 Å². The van der Waals surface area contributed by atoms with E-state index in [4.69, 9.17) is 9.15 Å². The minimum absolute atomic E-state index is 0.00882. The Morgan fingerprint density at radius 2 is 1.94 bits per heavy atom. The molecule has 0 bridgehead atoms. The molecule has 0 saturated carbocycles. The molecule has 0 fully saturated rings. The first-order chi connectivity index (χ1) is 16.1. The van der Waals surface area contributed by atoms with Crippen LogP contribution in [0.15, 0.2) is 51.8 Å². The molecule has 2 aromatic carbocycles. The first kappa shape index (κ1) is 22.9. The molecule has 0 aliphatic rings. The van der Waals surface area contributed by atoms with E-state index in [2.05, 4.69) is 10.3 Å². The molecule has 4 aromatic rings. The van der Waals surface area contributed by atoms with Crippen LogP contribution >= 0.6 is 0 Å². The minimum Gasteiger partial charge on any atom is -0.508 e. The number of amides is 1. The Labute approximate surface area is 194 Å². The van der Waals surface area contributed by atoms with Crippen LogP contribution < -0.4 is 15.7 Å². The zero-order valence-electron chi connectivity index (χ0n) is 18.8. The fourth-order valence-corrected chi connectivity index (χ4v) is 3.96. The number of benzene rings is 2. The smallest absolute Gasteiger partial charge is 0.336 e. The number of carboxylic acid groups (broad SMARTS) is 1. The summed E-state index contributed by atoms with van der Waals surface area (Å²) in [5.41, 5.74) is 2.66. The summed E-state index contributed by atoms with van der Waals surface area (Å²) in [5, 5.41) is 23.2. The molecule has 176 valence electrons. The van der Waals surface area contributed by atoms with Gasteiger partial charge in [-0.15, -0.1) is 0 Å². The standard InChI is InChI=1S/C25H24N2O7/c1-12-6-20(23-13(2)8-22(29)34-21(23)7-12)33-14(3)24(30)27-19(25(31)32)9-15-11-26-18-5-4-16(28)10-17(15)18/h4-8,10-11,14,19,26,28H,9H2,1-3H3,(H,27,30)(H,31,32)/t14-,19-/m1/s1.